The number of carboxylic acids is 1. The molecule has 0 spiro atoms. The van der Waals surface area contributed by atoms with Crippen molar-refractivity contribution in [3.8, 4) is 0 Å². The molecule has 1 fully saturated rings. The second kappa shape index (κ2) is 6.74. The van der Waals surface area contributed by atoms with E-state index in [1.807, 2.05) is 0 Å². The van der Waals surface area contributed by atoms with Gasteiger partial charge in [0.15, 0.2) is 0 Å². The number of carbonyl (C=O) groups excluding carboxylic acids is 1. The van der Waals surface area contributed by atoms with Gasteiger partial charge in [0.05, 0.1) is 11.7 Å². The average molecular weight is 292 g/mol. The molecule has 1 aliphatic carbocycles. The maximum atomic E-state index is 11.5. The molecule has 0 saturated heterocycles. The van der Waals surface area contributed by atoms with Crippen LogP contribution in [0.2, 0.25) is 0 Å². The van der Waals surface area contributed by atoms with E-state index >= 15 is 0 Å². The Morgan fingerprint density at radius 2 is 2.00 bits per heavy atom. The highest BCUT2D eigenvalue weighted by Crippen LogP contribution is 2.25. The first-order valence-electron chi connectivity index (χ1n) is 6.23. The van der Waals surface area contributed by atoms with Gasteiger partial charge in [0.2, 0.25) is 0 Å². The van der Waals surface area contributed by atoms with Crippen molar-refractivity contribution in [2.75, 3.05) is 18.6 Å². The monoisotopic (exact) mass is 292 g/mol. The number of carboxylic acid groups (broad SMARTS) is 1. The predicted molar refractivity (Wildman–Crippen MR) is 69.6 cm³/mol. The lowest BCUT2D eigenvalue weighted by Gasteiger charge is -2.13. The van der Waals surface area contributed by atoms with Gasteiger partial charge in [-0.2, -0.15) is 0 Å². The summed E-state index contributed by atoms with van der Waals surface area (Å²) in [5.41, 5.74) is 0. The Hall–Kier alpha value is -1.31. The Bertz CT molecular complexity index is 434. The van der Waals surface area contributed by atoms with Gasteiger partial charge in [-0.1, -0.05) is 0 Å². The molecule has 0 aromatic rings. The van der Waals surface area contributed by atoms with E-state index in [0.717, 1.165) is 6.26 Å². The van der Waals surface area contributed by atoms with E-state index in [1.54, 1.807) is 0 Å². The number of amides is 2. The quantitative estimate of drug-likeness (QED) is 0.595. The Morgan fingerprint density at radius 3 is 2.53 bits per heavy atom. The van der Waals surface area contributed by atoms with Crippen LogP contribution in [0.3, 0.4) is 0 Å². The van der Waals surface area contributed by atoms with E-state index in [9.17, 15) is 18.0 Å². The van der Waals surface area contributed by atoms with Crippen molar-refractivity contribution in [1.82, 2.24) is 10.6 Å². The fraction of sp³-hybridized carbons (Fsp3) is 0.818. The largest absolute Gasteiger partial charge is 0.481 e. The number of carbonyl (C=O) groups is 2. The lowest BCUT2D eigenvalue weighted by atomic mass is 10.1. The van der Waals surface area contributed by atoms with Gasteiger partial charge in [-0.25, -0.2) is 13.2 Å². The molecule has 3 N–H and O–H groups in total. The molecule has 2 amide bonds. The van der Waals surface area contributed by atoms with Crippen LogP contribution in [-0.2, 0) is 14.6 Å². The van der Waals surface area contributed by atoms with Crippen molar-refractivity contribution < 1.29 is 23.1 Å². The zero-order valence-corrected chi connectivity index (χ0v) is 11.7. The van der Waals surface area contributed by atoms with Crippen molar-refractivity contribution in [3.63, 3.8) is 0 Å². The van der Waals surface area contributed by atoms with Crippen LogP contribution < -0.4 is 10.6 Å². The van der Waals surface area contributed by atoms with Gasteiger partial charge in [-0.05, 0) is 25.7 Å². The number of nitrogens with one attached hydrogen (secondary N) is 2. The van der Waals surface area contributed by atoms with Crippen LogP contribution >= 0.6 is 0 Å². The maximum absolute atomic E-state index is 11.5. The van der Waals surface area contributed by atoms with Gasteiger partial charge in [0, 0.05) is 18.8 Å². The van der Waals surface area contributed by atoms with E-state index < -0.39 is 15.8 Å². The lowest BCUT2D eigenvalue weighted by molar-refractivity contribution is -0.141. The van der Waals surface area contributed by atoms with E-state index in [0.29, 0.717) is 25.7 Å². The number of urea groups is 1. The topological polar surface area (TPSA) is 113 Å². The SMILES string of the molecule is CS(=O)(=O)CCCNC(=O)N[C@H]1CC[C@@H](C(=O)O)C1. The van der Waals surface area contributed by atoms with Crippen LogP contribution in [0, 0.1) is 5.92 Å². The highest BCUT2D eigenvalue weighted by atomic mass is 32.2. The molecule has 8 heteroatoms. The van der Waals surface area contributed by atoms with Crippen LogP contribution in [0.5, 0.6) is 0 Å². The van der Waals surface area contributed by atoms with Gasteiger partial charge in [-0.15, -0.1) is 0 Å². The molecule has 0 heterocycles. The standard InChI is InChI=1S/C11H20N2O5S/c1-19(17,18)6-2-5-12-11(16)13-9-4-3-8(7-9)10(14)15/h8-9H,2-7H2,1H3,(H,14,15)(H2,12,13,16)/t8-,9+/m1/s1. The van der Waals surface area contributed by atoms with Gasteiger partial charge < -0.3 is 15.7 Å². The summed E-state index contributed by atoms with van der Waals surface area (Å²) in [6.07, 6.45) is 3.21. The first-order chi connectivity index (χ1) is 8.78. The molecule has 1 aliphatic rings. The Balaban J connectivity index is 2.17. The molecule has 1 saturated carbocycles. The predicted octanol–water partition coefficient (Wildman–Crippen LogP) is -0.0264. The molecule has 19 heavy (non-hydrogen) atoms. The molecule has 0 bridgehead atoms. The molecule has 110 valence electrons. The first-order valence-corrected chi connectivity index (χ1v) is 8.29. The van der Waals surface area contributed by atoms with Crippen molar-refractivity contribution >= 4 is 21.8 Å². The normalized spacial score (nSPS) is 23.0. The van der Waals surface area contributed by atoms with E-state index in [1.165, 1.54) is 0 Å². The second-order valence-electron chi connectivity index (χ2n) is 4.93. The summed E-state index contributed by atoms with van der Waals surface area (Å²) in [6.45, 7) is 0.286. The van der Waals surface area contributed by atoms with Crippen LogP contribution in [0.4, 0.5) is 4.79 Å². The molecule has 0 aromatic carbocycles. The fourth-order valence-corrected chi connectivity index (χ4v) is 2.78. The van der Waals surface area contributed by atoms with Gasteiger partial charge >= 0.3 is 12.0 Å². The summed E-state index contributed by atoms with van der Waals surface area (Å²) >= 11 is 0. The summed E-state index contributed by atoms with van der Waals surface area (Å²) in [5, 5.41) is 14.1. The van der Waals surface area contributed by atoms with Crippen molar-refractivity contribution in [1.29, 1.82) is 0 Å². The third-order valence-electron chi connectivity index (χ3n) is 3.09. The van der Waals surface area contributed by atoms with E-state index in [-0.39, 0.29) is 30.3 Å². The summed E-state index contributed by atoms with van der Waals surface area (Å²) in [5.74, 6) is -1.16. The molecule has 7 nitrogen and oxygen atoms in total. The summed E-state index contributed by atoms with van der Waals surface area (Å²) in [7, 11) is -3.00. The molecule has 2 atom stereocenters. The highest BCUT2D eigenvalue weighted by molar-refractivity contribution is 7.90. The summed E-state index contributed by atoms with van der Waals surface area (Å²) in [6, 6.07) is -0.486. The summed E-state index contributed by atoms with van der Waals surface area (Å²) < 4.78 is 21.7. The average Bonchev–Trinajstić information content (AvgIpc) is 2.71. The van der Waals surface area contributed by atoms with Gasteiger partial charge in [0.1, 0.15) is 9.84 Å². The van der Waals surface area contributed by atoms with E-state index in [2.05, 4.69) is 10.6 Å². The lowest BCUT2D eigenvalue weighted by Crippen LogP contribution is -2.41. The smallest absolute Gasteiger partial charge is 0.315 e. The molecule has 1 rings (SSSR count). The molecule has 0 aliphatic heterocycles. The number of hydrogen-bond donors (Lipinski definition) is 3. The molecule has 0 aromatic heterocycles. The Morgan fingerprint density at radius 1 is 1.32 bits per heavy atom. The van der Waals surface area contributed by atoms with Crippen LogP contribution in [-0.4, -0.2) is 50.1 Å². The zero-order chi connectivity index (χ0) is 14.5. The fourth-order valence-electron chi connectivity index (χ4n) is 2.11. The first kappa shape index (κ1) is 15.7. The van der Waals surface area contributed by atoms with Crippen molar-refractivity contribution in [2.24, 2.45) is 5.92 Å². The molecule has 0 unspecified atom stereocenters. The third-order valence-corrected chi connectivity index (χ3v) is 4.12. The van der Waals surface area contributed by atoms with E-state index in [4.69, 9.17) is 5.11 Å². The summed E-state index contributed by atoms with van der Waals surface area (Å²) in [4.78, 5) is 22.2. The number of sulfone groups is 1. The minimum atomic E-state index is -3.00. The van der Waals surface area contributed by atoms with Crippen molar-refractivity contribution in [2.45, 2.75) is 31.7 Å². The minimum Gasteiger partial charge on any atom is -0.481 e. The zero-order valence-electron chi connectivity index (χ0n) is 10.9. The molecular formula is C11H20N2O5S. The number of hydrogen-bond acceptors (Lipinski definition) is 4. The molecule has 0 radical (unpaired) electrons. The Labute approximate surface area is 112 Å². The number of rotatable bonds is 6. The Kier molecular flexibility index (Phi) is 5.59. The third kappa shape index (κ3) is 6.42. The van der Waals surface area contributed by atoms with Gasteiger partial charge in [-0.3, -0.25) is 4.79 Å². The molecular weight excluding hydrogens is 272 g/mol. The van der Waals surface area contributed by atoms with Crippen LogP contribution in [0.1, 0.15) is 25.7 Å². The number of aliphatic carboxylic acids is 1. The van der Waals surface area contributed by atoms with Crippen molar-refractivity contribution in [3.05, 3.63) is 0 Å². The van der Waals surface area contributed by atoms with Crippen LogP contribution in [0.25, 0.3) is 0 Å². The van der Waals surface area contributed by atoms with Crippen LogP contribution in [0.15, 0.2) is 0 Å². The minimum absolute atomic E-state index is 0.0395. The van der Waals surface area contributed by atoms with Gasteiger partial charge in [0.25, 0.3) is 0 Å². The second-order valence-corrected chi connectivity index (χ2v) is 7.19. The highest BCUT2D eigenvalue weighted by Gasteiger charge is 2.30. The maximum Gasteiger partial charge on any atom is 0.315 e.